The van der Waals surface area contributed by atoms with Crippen molar-refractivity contribution in [2.24, 2.45) is 0 Å². The molecule has 2 aromatic heterocycles. The van der Waals surface area contributed by atoms with Crippen LogP contribution in [0.15, 0.2) is 35.4 Å². The molecule has 6 nitrogen and oxygen atoms in total. The summed E-state index contributed by atoms with van der Waals surface area (Å²) in [4.78, 5) is 36.2. The number of hydrogen-bond acceptors (Lipinski definition) is 6. The Bertz CT molecular complexity index is 1050. The van der Waals surface area contributed by atoms with Crippen LogP contribution in [0.5, 0.6) is 0 Å². The molecule has 0 radical (unpaired) electrons. The number of aromatic nitrogens is 2. The standard InChI is InChI=1S/C20H20N4O2S2/c1-11-22-18-15(13-9-6-10-14(13)27-18)19(23-11)28-16(12-7-4-3-5-8-12)17(25)24-20(26)21-2/h3-5,7-8,16H,6,9-10H2,1-2H3,(H2,21,24,25,26)/t16-/m0/s1. The summed E-state index contributed by atoms with van der Waals surface area (Å²) >= 11 is 3.11. The van der Waals surface area contributed by atoms with Crippen LogP contribution in [0.2, 0.25) is 0 Å². The molecule has 3 aromatic rings. The predicted octanol–water partition coefficient (Wildman–Crippen LogP) is 3.78. The smallest absolute Gasteiger partial charge is 0.321 e. The summed E-state index contributed by atoms with van der Waals surface area (Å²) in [5.74, 6) is 0.320. The molecule has 0 spiro atoms. The number of nitrogens with one attached hydrogen (secondary N) is 2. The number of thioether (sulfide) groups is 1. The van der Waals surface area contributed by atoms with Gasteiger partial charge in [0.15, 0.2) is 0 Å². The number of urea groups is 1. The lowest BCUT2D eigenvalue weighted by Gasteiger charge is -2.17. The third-order valence-electron chi connectivity index (χ3n) is 4.68. The fourth-order valence-electron chi connectivity index (χ4n) is 3.40. The first kappa shape index (κ1) is 18.9. The fourth-order valence-corrected chi connectivity index (χ4v) is 5.98. The minimum Gasteiger partial charge on any atom is -0.341 e. The van der Waals surface area contributed by atoms with Gasteiger partial charge in [-0.25, -0.2) is 14.8 Å². The number of thiophene rings is 1. The number of benzene rings is 1. The van der Waals surface area contributed by atoms with Gasteiger partial charge in [-0.2, -0.15) is 0 Å². The van der Waals surface area contributed by atoms with Crippen LogP contribution in [0.25, 0.3) is 10.2 Å². The van der Waals surface area contributed by atoms with Crippen LogP contribution in [-0.2, 0) is 17.6 Å². The molecule has 0 fully saturated rings. The van der Waals surface area contributed by atoms with Crippen molar-refractivity contribution in [1.82, 2.24) is 20.6 Å². The van der Waals surface area contributed by atoms with Gasteiger partial charge in [0, 0.05) is 17.3 Å². The van der Waals surface area contributed by atoms with Gasteiger partial charge in [-0.3, -0.25) is 10.1 Å². The normalized spacial score (nSPS) is 13.9. The van der Waals surface area contributed by atoms with E-state index in [1.54, 1.807) is 11.3 Å². The Morgan fingerprint density at radius 2 is 1.96 bits per heavy atom. The van der Waals surface area contributed by atoms with Crippen molar-refractivity contribution in [3.63, 3.8) is 0 Å². The molecule has 3 amide bonds. The van der Waals surface area contributed by atoms with Crippen molar-refractivity contribution in [2.75, 3.05) is 7.05 Å². The molecule has 28 heavy (non-hydrogen) atoms. The Kier molecular flexibility index (Phi) is 5.32. The van der Waals surface area contributed by atoms with Crippen LogP contribution < -0.4 is 10.6 Å². The Balaban J connectivity index is 1.77. The maximum atomic E-state index is 12.9. The van der Waals surface area contributed by atoms with E-state index >= 15 is 0 Å². The Labute approximate surface area is 171 Å². The summed E-state index contributed by atoms with van der Waals surface area (Å²) in [7, 11) is 1.49. The molecule has 1 aliphatic carbocycles. The number of hydrogen-bond donors (Lipinski definition) is 2. The van der Waals surface area contributed by atoms with Crippen molar-refractivity contribution >= 4 is 45.3 Å². The number of aryl methyl sites for hydroxylation is 3. The molecule has 2 heterocycles. The lowest BCUT2D eigenvalue weighted by atomic mass is 10.1. The summed E-state index contributed by atoms with van der Waals surface area (Å²) < 4.78 is 0. The minimum absolute atomic E-state index is 0.369. The summed E-state index contributed by atoms with van der Waals surface area (Å²) in [6, 6.07) is 8.94. The molecule has 8 heteroatoms. The monoisotopic (exact) mass is 412 g/mol. The van der Waals surface area contributed by atoms with Gasteiger partial charge in [-0.05, 0) is 37.3 Å². The van der Waals surface area contributed by atoms with E-state index in [1.807, 2.05) is 37.3 Å². The number of carbonyl (C=O) groups excluding carboxylic acids is 2. The number of fused-ring (bicyclic) bond motifs is 3. The van der Waals surface area contributed by atoms with E-state index in [0.29, 0.717) is 5.82 Å². The molecule has 0 saturated carbocycles. The molecular formula is C20H20N4O2S2. The zero-order valence-corrected chi connectivity index (χ0v) is 17.2. The second kappa shape index (κ2) is 7.89. The number of amides is 3. The van der Waals surface area contributed by atoms with Crippen LogP contribution in [0.4, 0.5) is 4.79 Å². The molecule has 1 aliphatic rings. The van der Waals surface area contributed by atoms with E-state index < -0.39 is 11.3 Å². The highest BCUT2D eigenvalue weighted by Gasteiger charge is 2.28. The Morgan fingerprint density at radius 3 is 2.71 bits per heavy atom. The quantitative estimate of drug-likeness (QED) is 0.503. The lowest BCUT2D eigenvalue weighted by molar-refractivity contribution is -0.119. The minimum atomic E-state index is -0.590. The van der Waals surface area contributed by atoms with Gasteiger partial charge >= 0.3 is 6.03 Å². The highest BCUT2D eigenvalue weighted by molar-refractivity contribution is 8.00. The largest absolute Gasteiger partial charge is 0.341 e. The molecule has 1 aromatic carbocycles. The average Bonchev–Trinajstić information content (AvgIpc) is 3.27. The van der Waals surface area contributed by atoms with E-state index in [0.717, 1.165) is 40.1 Å². The zero-order chi connectivity index (χ0) is 19.7. The van der Waals surface area contributed by atoms with Gasteiger partial charge < -0.3 is 5.32 Å². The maximum absolute atomic E-state index is 12.9. The van der Waals surface area contributed by atoms with Gasteiger partial charge in [0.2, 0.25) is 5.91 Å². The van der Waals surface area contributed by atoms with Gasteiger partial charge in [0.25, 0.3) is 0 Å². The van der Waals surface area contributed by atoms with E-state index in [-0.39, 0.29) is 5.91 Å². The van der Waals surface area contributed by atoms with Crippen molar-refractivity contribution in [3.8, 4) is 0 Å². The SMILES string of the molecule is CNC(=O)NC(=O)[C@@H](Sc1nc(C)nc2sc3c(c12)CCC3)c1ccccc1. The lowest BCUT2D eigenvalue weighted by Crippen LogP contribution is -2.39. The van der Waals surface area contributed by atoms with Crippen LogP contribution in [0, 0.1) is 6.92 Å². The van der Waals surface area contributed by atoms with Crippen LogP contribution in [-0.4, -0.2) is 29.0 Å². The molecule has 0 aliphatic heterocycles. The maximum Gasteiger partial charge on any atom is 0.321 e. The number of nitrogens with zero attached hydrogens (tertiary/aromatic N) is 2. The summed E-state index contributed by atoms with van der Waals surface area (Å²) in [5, 5.41) is 6.13. The van der Waals surface area contributed by atoms with Gasteiger partial charge in [0.05, 0.1) is 0 Å². The van der Waals surface area contributed by atoms with Crippen molar-refractivity contribution < 1.29 is 9.59 Å². The molecular weight excluding hydrogens is 392 g/mol. The molecule has 0 unspecified atom stereocenters. The van der Waals surface area contributed by atoms with Crippen molar-refractivity contribution in [2.45, 2.75) is 36.5 Å². The number of imide groups is 1. The van der Waals surface area contributed by atoms with Gasteiger partial charge in [-0.15, -0.1) is 11.3 Å². The summed E-state index contributed by atoms with van der Waals surface area (Å²) in [6.45, 7) is 1.87. The third kappa shape index (κ3) is 3.62. The average molecular weight is 413 g/mol. The molecule has 0 saturated heterocycles. The fraction of sp³-hybridized carbons (Fsp3) is 0.300. The second-order valence-electron chi connectivity index (χ2n) is 6.59. The van der Waals surface area contributed by atoms with Crippen molar-refractivity contribution in [1.29, 1.82) is 0 Å². The predicted molar refractivity (Wildman–Crippen MR) is 112 cm³/mol. The molecule has 0 bridgehead atoms. The summed E-state index contributed by atoms with van der Waals surface area (Å²) in [5.41, 5.74) is 2.14. The molecule has 2 N–H and O–H groups in total. The topological polar surface area (TPSA) is 84.0 Å². The first-order valence-corrected chi connectivity index (χ1v) is 10.8. The number of carbonyl (C=O) groups is 2. The molecule has 1 atom stereocenters. The van der Waals surface area contributed by atoms with Gasteiger partial charge in [-0.1, -0.05) is 42.1 Å². The summed E-state index contributed by atoms with van der Waals surface area (Å²) in [6.07, 6.45) is 3.25. The van der Waals surface area contributed by atoms with Crippen molar-refractivity contribution in [3.05, 3.63) is 52.2 Å². The van der Waals surface area contributed by atoms with Crippen LogP contribution in [0.3, 0.4) is 0 Å². The Hall–Kier alpha value is -2.45. The van der Waals surface area contributed by atoms with E-state index in [4.69, 9.17) is 0 Å². The Morgan fingerprint density at radius 1 is 1.18 bits per heavy atom. The van der Waals surface area contributed by atoms with E-state index in [1.165, 1.54) is 29.3 Å². The van der Waals surface area contributed by atoms with Crippen LogP contribution >= 0.6 is 23.1 Å². The zero-order valence-electron chi connectivity index (χ0n) is 15.6. The molecule has 4 rings (SSSR count). The highest BCUT2D eigenvalue weighted by Crippen LogP contribution is 2.44. The van der Waals surface area contributed by atoms with E-state index in [2.05, 4.69) is 20.6 Å². The first-order valence-electron chi connectivity index (χ1n) is 9.10. The van der Waals surface area contributed by atoms with E-state index in [9.17, 15) is 9.59 Å². The highest BCUT2D eigenvalue weighted by atomic mass is 32.2. The second-order valence-corrected chi connectivity index (χ2v) is 8.77. The third-order valence-corrected chi connectivity index (χ3v) is 7.10. The molecule has 144 valence electrons. The van der Waals surface area contributed by atoms with Crippen LogP contribution in [0.1, 0.15) is 33.5 Å². The number of rotatable bonds is 4. The van der Waals surface area contributed by atoms with Gasteiger partial charge in [0.1, 0.15) is 20.9 Å². The first-order chi connectivity index (χ1) is 13.6.